The number of ether oxygens (including phenoxy) is 1. The molecule has 1 fully saturated rings. The maximum absolute atomic E-state index is 15.1. The van der Waals surface area contributed by atoms with Crippen molar-refractivity contribution in [1.82, 2.24) is 14.7 Å². The summed E-state index contributed by atoms with van der Waals surface area (Å²) in [6.45, 7) is 14.2. The second-order valence-electron chi connectivity index (χ2n) is 13.9. The van der Waals surface area contributed by atoms with E-state index in [9.17, 15) is 0 Å². The van der Waals surface area contributed by atoms with E-state index in [0.717, 1.165) is 29.5 Å². The van der Waals surface area contributed by atoms with Crippen LogP contribution in [0.4, 0.5) is 4.79 Å². The zero-order valence-corrected chi connectivity index (χ0v) is 30.4. The van der Waals surface area contributed by atoms with E-state index >= 15 is 4.79 Å². The summed E-state index contributed by atoms with van der Waals surface area (Å²) >= 11 is 19.8. The van der Waals surface area contributed by atoms with Crippen LogP contribution < -0.4 is 4.74 Å². The molecule has 6 nitrogen and oxygen atoms in total. The molecule has 0 spiro atoms. The third-order valence-electron chi connectivity index (χ3n) is 9.82. The normalized spacial score (nSPS) is 22.4. The number of hydrogen-bond acceptors (Lipinski definition) is 4. The molecule has 246 valence electrons. The minimum Gasteiger partial charge on any atom is -0.493 e. The van der Waals surface area contributed by atoms with Crippen LogP contribution in [0, 0.1) is 0 Å². The van der Waals surface area contributed by atoms with Gasteiger partial charge in [-0.2, -0.15) is 0 Å². The van der Waals surface area contributed by atoms with Crippen molar-refractivity contribution in [2.75, 3.05) is 33.8 Å². The highest BCUT2D eigenvalue weighted by Crippen LogP contribution is 2.54. The van der Waals surface area contributed by atoms with Crippen molar-refractivity contribution in [1.29, 1.82) is 0 Å². The summed E-state index contributed by atoms with van der Waals surface area (Å²) in [4.78, 5) is 26.7. The van der Waals surface area contributed by atoms with Gasteiger partial charge in [0, 0.05) is 34.2 Å². The van der Waals surface area contributed by atoms with Gasteiger partial charge in [0.05, 0.1) is 12.2 Å². The first-order chi connectivity index (χ1) is 21.6. The van der Waals surface area contributed by atoms with E-state index in [1.807, 2.05) is 77.4 Å². The Morgan fingerprint density at radius 2 is 1.48 bits per heavy atom. The lowest BCUT2D eigenvalue weighted by Crippen LogP contribution is -2.59. The van der Waals surface area contributed by atoms with Crippen LogP contribution >= 0.6 is 34.8 Å². The van der Waals surface area contributed by atoms with Crippen LogP contribution in [-0.4, -0.2) is 66.4 Å². The monoisotopic (exact) mass is 682 g/mol. The molecule has 0 N–H and O–H groups in total. The minimum absolute atomic E-state index is 0.107. The maximum atomic E-state index is 15.1. The van der Waals surface area contributed by atoms with E-state index < -0.39 is 11.1 Å². The standard InChI is InChI=1S/C37H45Cl3N4O2/c1-9-46-32-23-30(35(2,3)4)31(40)22-29(32)33-41-36(5,24-10-14-26(38)15-11-24)37(6,25-12-16-27(39)17-13-25)44(33)34(45)43-20-18-28(19-21-43)42(7)8/h10-17,22-23,28H,9,18-21H2,1-8H3. The Bertz CT molecular complexity index is 1610. The number of carbonyl (C=O) groups is 1. The summed E-state index contributed by atoms with van der Waals surface area (Å²) in [5.74, 6) is 1.15. The van der Waals surface area contributed by atoms with Gasteiger partial charge >= 0.3 is 6.03 Å². The summed E-state index contributed by atoms with van der Waals surface area (Å²) in [7, 11) is 4.20. The first-order valence-corrected chi connectivity index (χ1v) is 17.1. The molecule has 2 unspecified atom stereocenters. The van der Waals surface area contributed by atoms with Crippen molar-refractivity contribution in [3.63, 3.8) is 0 Å². The van der Waals surface area contributed by atoms with Gasteiger partial charge in [-0.15, -0.1) is 0 Å². The second kappa shape index (κ2) is 13.0. The van der Waals surface area contributed by atoms with Crippen molar-refractivity contribution >= 4 is 46.7 Å². The largest absolute Gasteiger partial charge is 0.493 e. The average Bonchev–Trinajstić information content (AvgIpc) is 3.25. The number of carbonyl (C=O) groups excluding carboxylic acids is 1. The smallest absolute Gasteiger partial charge is 0.326 e. The SMILES string of the molecule is CCOc1cc(C(C)(C)C)c(Cl)cc1C1=NC(C)(c2ccc(Cl)cc2)C(C)(c2ccc(Cl)cc2)N1C(=O)N1CCC(N(C)C)CC1. The molecule has 0 aliphatic carbocycles. The quantitative estimate of drug-likeness (QED) is 0.260. The molecule has 0 aromatic heterocycles. The average molecular weight is 684 g/mol. The van der Waals surface area contributed by atoms with E-state index in [-0.39, 0.29) is 11.4 Å². The molecule has 3 aromatic carbocycles. The molecule has 5 rings (SSSR count). The number of amides is 2. The predicted molar refractivity (Wildman–Crippen MR) is 191 cm³/mol. The summed E-state index contributed by atoms with van der Waals surface area (Å²) in [5.41, 5.74) is 1.33. The predicted octanol–water partition coefficient (Wildman–Crippen LogP) is 9.38. The number of aliphatic imine (C=N–C) groups is 1. The fraction of sp³-hybridized carbons (Fsp3) is 0.459. The van der Waals surface area contributed by atoms with Crippen LogP contribution in [0.2, 0.25) is 15.1 Å². The topological polar surface area (TPSA) is 48.4 Å². The van der Waals surface area contributed by atoms with Crippen LogP contribution in [-0.2, 0) is 16.5 Å². The molecule has 2 heterocycles. The fourth-order valence-corrected chi connectivity index (χ4v) is 7.56. The van der Waals surface area contributed by atoms with E-state index in [1.165, 1.54) is 0 Å². The van der Waals surface area contributed by atoms with Crippen molar-refractivity contribution in [3.8, 4) is 5.75 Å². The van der Waals surface area contributed by atoms with Gasteiger partial charge in [-0.3, -0.25) is 9.89 Å². The first kappa shape index (κ1) is 34.6. The van der Waals surface area contributed by atoms with E-state index in [4.69, 9.17) is 44.5 Å². The number of likely N-dealkylation sites (tertiary alicyclic amines) is 1. The number of amidine groups is 1. The molecule has 2 aliphatic rings. The van der Waals surface area contributed by atoms with E-state index in [1.54, 1.807) is 0 Å². The Morgan fingerprint density at radius 1 is 0.935 bits per heavy atom. The number of halogens is 3. The molecule has 1 saturated heterocycles. The second-order valence-corrected chi connectivity index (χ2v) is 15.2. The zero-order valence-electron chi connectivity index (χ0n) is 28.1. The van der Waals surface area contributed by atoms with Crippen molar-refractivity contribution < 1.29 is 9.53 Å². The van der Waals surface area contributed by atoms with Gasteiger partial charge in [-0.05, 0) is 106 Å². The Labute approximate surface area is 289 Å². The van der Waals surface area contributed by atoms with Gasteiger partial charge < -0.3 is 14.5 Å². The van der Waals surface area contributed by atoms with Gasteiger partial charge in [0.2, 0.25) is 0 Å². The molecular weight excluding hydrogens is 639 g/mol. The van der Waals surface area contributed by atoms with Gasteiger partial charge in [-0.25, -0.2) is 4.79 Å². The van der Waals surface area contributed by atoms with Crippen LogP contribution in [0.1, 0.15) is 76.6 Å². The first-order valence-electron chi connectivity index (χ1n) is 16.0. The van der Waals surface area contributed by atoms with Gasteiger partial charge in [-0.1, -0.05) is 79.8 Å². The molecule has 2 aliphatic heterocycles. The summed E-state index contributed by atoms with van der Waals surface area (Å²) in [6.07, 6.45) is 1.78. The lowest BCUT2D eigenvalue weighted by Gasteiger charge is -2.47. The highest BCUT2D eigenvalue weighted by molar-refractivity contribution is 6.32. The molecule has 0 bridgehead atoms. The number of piperidine rings is 1. The summed E-state index contributed by atoms with van der Waals surface area (Å²) in [6, 6.07) is 19.7. The molecule has 0 radical (unpaired) electrons. The van der Waals surface area contributed by atoms with Gasteiger partial charge in [0.15, 0.2) is 0 Å². The highest BCUT2D eigenvalue weighted by atomic mass is 35.5. The maximum Gasteiger partial charge on any atom is 0.326 e. The van der Waals surface area contributed by atoms with Crippen LogP contribution in [0.25, 0.3) is 0 Å². The third kappa shape index (κ3) is 6.14. The van der Waals surface area contributed by atoms with Crippen LogP contribution in [0.3, 0.4) is 0 Å². The molecule has 0 saturated carbocycles. The Balaban J connectivity index is 1.79. The lowest BCUT2D eigenvalue weighted by atomic mass is 9.71. The number of nitrogens with zero attached hydrogens (tertiary/aromatic N) is 4. The molecule has 9 heteroatoms. The Kier molecular flexibility index (Phi) is 9.79. The van der Waals surface area contributed by atoms with Crippen molar-refractivity contribution in [3.05, 3.63) is 98.0 Å². The lowest BCUT2D eigenvalue weighted by molar-refractivity contribution is 0.0911. The molecule has 2 atom stereocenters. The fourth-order valence-electron chi connectivity index (χ4n) is 6.86. The third-order valence-corrected chi connectivity index (χ3v) is 10.6. The van der Waals surface area contributed by atoms with Gasteiger partial charge in [0.25, 0.3) is 0 Å². The van der Waals surface area contributed by atoms with E-state index in [0.29, 0.717) is 58.0 Å². The van der Waals surface area contributed by atoms with Crippen molar-refractivity contribution in [2.45, 2.75) is 76.9 Å². The van der Waals surface area contributed by atoms with Crippen LogP contribution in [0.15, 0.2) is 65.7 Å². The summed E-state index contributed by atoms with van der Waals surface area (Å²) in [5, 5.41) is 1.84. The van der Waals surface area contributed by atoms with Crippen molar-refractivity contribution in [2.24, 2.45) is 4.99 Å². The summed E-state index contributed by atoms with van der Waals surface area (Å²) < 4.78 is 6.30. The number of rotatable bonds is 6. The molecule has 46 heavy (non-hydrogen) atoms. The number of urea groups is 1. The Hall–Kier alpha value is -2.77. The minimum atomic E-state index is -0.977. The van der Waals surface area contributed by atoms with E-state index in [2.05, 4.69) is 53.6 Å². The number of benzene rings is 3. The van der Waals surface area contributed by atoms with Crippen LogP contribution in [0.5, 0.6) is 5.75 Å². The van der Waals surface area contributed by atoms with Gasteiger partial charge in [0.1, 0.15) is 22.7 Å². The zero-order chi connectivity index (χ0) is 33.6. The molecular formula is C37H45Cl3N4O2. The highest BCUT2D eigenvalue weighted by Gasteiger charge is 2.60. The Morgan fingerprint density at radius 3 is 1.98 bits per heavy atom. The molecule has 3 aromatic rings. The number of hydrogen-bond donors (Lipinski definition) is 0. The molecule has 2 amide bonds.